The fraction of sp³-hybridized carbons (Fsp3) is 0.478. The molecule has 4 atom stereocenters. The van der Waals surface area contributed by atoms with E-state index in [0.29, 0.717) is 12.0 Å². The van der Waals surface area contributed by atoms with Gasteiger partial charge in [-0.2, -0.15) is 0 Å². The Bertz CT molecular complexity index is 985. The zero-order valence-electron chi connectivity index (χ0n) is 19.5. The molecule has 1 fully saturated rings. The van der Waals surface area contributed by atoms with E-state index in [4.69, 9.17) is 15.9 Å². The highest BCUT2D eigenvalue weighted by atomic mass is 16.4. The number of carbonyl (C=O) groups is 6. The molecular weight excluding hydrogens is 476 g/mol. The second-order valence-corrected chi connectivity index (χ2v) is 8.48. The third-order valence-corrected chi connectivity index (χ3v) is 5.73. The van der Waals surface area contributed by atoms with Crippen molar-refractivity contribution in [2.24, 2.45) is 5.73 Å². The summed E-state index contributed by atoms with van der Waals surface area (Å²) in [4.78, 5) is 73.4. The van der Waals surface area contributed by atoms with Crippen molar-refractivity contribution in [3.05, 3.63) is 35.9 Å². The first kappa shape index (κ1) is 28.2. The van der Waals surface area contributed by atoms with Gasteiger partial charge in [0.25, 0.3) is 0 Å². The summed E-state index contributed by atoms with van der Waals surface area (Å²) in [6, 6.07) is 3.41. The van der Waals surface area contributed by atoms with Gasteiger partial charge in [-0.1, -0.05) is 30.3 Å². The summed E-state index contributed by atoms with van der Waals surface area (Å²) in [5.74, 6) is -6.18. The van der Waals surface area contributed by atoms with Crippen LogP contribution in [0.25, 0.3) is 0 Å². The number of amides is 3. The highest BCUT2D eigenvalue weighted by Gasteiger charge is 2.38. The quantitative estimate of drug-likeness (QED) is 0.190. The zero-order chi connectivity index (χ0) is 26.8. The number of carboxylic acid groups (broad SMARTS) is 3. The molecule has 1 heterocycles. The van der Waals surface area contributed by atoms with E-state index in [0.717, 1.165) is 4.90 Å². The van der Waals surface area contributed by atoms with Gasteiger partial charge in [-0.25, -0.2) is 4.79 Å². The molecule has 1 saturated heterocycles. The molecule has 0 aliphatic carbocycles. The maximum atomic E-state index is 13.2. The first-order valence-electron chi connectivity index (χ1n) is 11.4. The number of hydrogen-bond acceptors (Lipinski definition) is 7. The lowest BCUT2D eigenvalue weighted by atomic mass is 10.0. The number of likely N-dealkylation sites (tertiary alicyclic amines) is 1. The summed E-state index contributed by atoms with van der Waals surface area (Å²) in [5.41, 5.74) is 6.25. The molecule has 2 rings (SSSR count). The number of rotatable bonds is 13. The summed E-state index contributed by atoms with van der Waals surface area (Å²) in [5, 5.41) is 32.2. The predicted octanol–water partition coefficient (Wildman–Crippen LogP) is -1.06. The zero-order valence-corrected chi connectivity index (χ0v) is 19.5. The van der Waals surface area contributed by atoms with Gasteiger partial charge in [-0.15, -0.1) is 0 Å². The van der Waals surface area contributed by atoms with Crippen LogP contribution in [0, 0.1) is 0 Å². The monoisotopic (exact) mass is 506 g/mol. The molecular formula is C23H30N4O9. The smallest absolute Gasteiger partial charge is 0.326 e. The Morgan fingerprint density at radius 3 is 2.17 bits per heavy atom. The molecule has 13 heteroatoms. The fourth-order valence-corrected chi connectivity index (χ4v) is 3.90. The highest BCUT2D eigenvalue weighted by molar-refractivity contribution is 5.95. The minimum Gasteiger partial charge on any atom is -0.481 e. The van der Waals surface area contributed by atoms with Gasteiger partial charge >= 0.3 is 17.9 Å². The fourth-order valence-electron chi connectivity index (χ4n) is 3.90. The molecule has 0 radical (unpaired) electrons. The number of nitrogens with two attached hydrogens (primary N) is 1. The number of nitrogens with one attached hydrogen (secondary N) is 2. The lowest BCUT2D eigenvalue weighted by Crippen LogP contribution is -2.57. The van der Waals surface area contributed by atoms with Crippen LogP contribution in [0.3, 0.4) is 0 Å². The van der Waals surface area contributed by atoms with Gasteiger partial charge in [-0.05, 0) is 24.8 Å². The third kappa shape index (κ3) is 8.34. The van der Waals surface area contributed by atoms with Crippen molar-refractivity contribution >= 4 is 35.6 Å². The van der Waals surface area contributed by atoms with E-state index in [2.05, 4.69) is 10.6 Å². The SMILES string of the molecule is NC(CC(=O)O)C(=O)NC(Cc1ccccc1)C(=O)NC(CCC(=O)O)C(=O)N1CCCC1C(=O)O. The number of carboxylic acids is 3. The Morgan fingerprint density at radius 2 is 1.58 bits per heavy atom. The van der Waals surface area contributed by atoms with Crippen molar-refractivity contribution < 1.29 is 44.1 Å². The van der Waals surface area contributed by atoms with E-state index in [1.165, 1.54) is 0 Å². The maximum absolute atomic E-state index is 13.2. The number of hydrogen-bond donors (Lipinski definition) is 6. The second-order valence-electron chi connectivity index (χ2n) is 8.48. The largest absolute Gasteiger partial charge is 0.481 e. The van der Waals surface area contributed by atoms with Crippen molar-refractivity contribution in [3.8, 4) is 0 Å². The van der Waals surface area contributed by atoms with E-state index in [1.807, 2.05) is 0 Å². The lowest BCUT2D eigenvalue weighted by molar-refractivity contribution is -0.150. The molecule has 36 heavy (non-hydrogen) atoms. The van der Waals surface area contributed by atoms with Crippen molar-refractivity contribution in [1.82, 2.24) is 15.5 Å². The first-order valence-corrected chi connectivity index (χ1v) is 11.4. The third-order valence-electron chi connectivity index (χ3n) is 5.73. The molecule has 1 aliphatic heterocycles. The van der Waals surface area contributed by atoms with Crippen molar-refractivity contribution in [2.75, 3.05) is 6.54 Å². The Hall–Kier alpha value is -4.00. The molecule has 3 amide bonds. The number of carbonyl (C=O) groups excluding carboxylic acids is 3. The summed E-state index contributed by atoms with van der Waals surface area (Å²) < 4.78 is 0. The summed E-state index contributed by atoms with van der Waals surface area (Å²) in [6.45, 7) is 0.142. The Balaban J connectivity index is 2.25. The topological polar surface area (TPSA) is 216 Å². The lowest BCUT2D eigenvalue weighted by Gasteiger charge is -2.29. The van der Waals surface area contributed by atoms with Crippen LogP contribution in [-0.2, 0) is 35.2 Å². The summed E-state index contributed by atoms with van der Waals surface area (Å²) in [7, 11) is 0. The van der Waals surface area contributed by atoms with Gasteiger partial charge in [0.2, 0.25) is 17.7 Å². The second kappa shape index (κ2) is 13.2. The van der Waals surface area contributed by atoms with Crippen LogP contribution in [0.2, 0.25) is 0 Å². The first-order chi connectivity index (χ1) is 17.0. The predicted molar refractivity (Wildman–Crippen MR) is 123 cm³/mol. The molecule has 1 aliphatic rings. The van der Waals surface area contributed by atoms with Gasteiger partial charge in [0.15, 0.2) is 0 Å². The number of nitrogens with zero attached hydrogens (tertiary/aromatic N) is 1. The summed E-state index contributed by atoms with van der Waals surface area (Å²) in [6.07, 6.45) is -0.795. The van der Waals surface area contributed by atoms with Crippen molar-refractivity contribution in [3.63, 3.8) is 0 Å². The average Bonchev–Trinajstić information content (AvgIpc) is 3.31. The van der Waals surface area contributed by atoms with Crippen LogP contribution in [0.15, 0.2) is 30.3 Å². The van der Waals surface area contributed by atoms with Crippen LogP contribution >= 0.6 is 0 Å². The molecule has 1 aromatic rings. The Kier molecular flexibility index (Phi) is 10.3. The Morgan fingerprint density at radius 1 is 0.944 bits per heavy atom. The molecule has 0 saturated carbocycles. The van der Waals surface area contributed by atoms with Crippen molar-refractivity contribution in [1.29, 1.82) is 0 Å². The van der Waals surface area contributed by atoms with Crippen LogP contribution in [-0.4, -0.2) is 86.6 Å². The molecule has 7 N–H and O–H groups in total. The van der Waals surface area contributed by atoms with Crippen LogP contribution in [0.1, 0.15) is 37.7 Å². The van der Waals surface area contributed by atoms with E-state index in [-0.39, 0.29) is 25.8 Å². The maximum Gasteiger partial charge on any atom is 0.326 e. The van der Waals surface area contributed by atoms with Gasteiger partial charge in [0, 0.05) is 19.4 Å². The number of benzene rings is 1. The number of aliphatic carboxylic acids is 3. The van der Waals surface area contributed by atoms with Gasteiger partial charge < -0.3 is 36.6 Å². The molecule has 0 aromatic heterocycles. The van der Waals surface area contributed by atoms with Crippen LogP contribution in [0.5, 0.6) is 0 Å². The summed E-state index contributed by atoms with van der Waals surface area (Å²) >= 11 is 0. The minimum atomic E-state index is -1.43. The van der Waals surface area contributed by atoms with Gasteiger partial charge in [0.1, 0.15) is 18.1 Å². The van der Waals surface area contributed by atoms with Crippen LogP contribution in [0.4, 0.5) is 0 Å². The van der Waals surface area contributed by atoms with Crippen LogP contribution < -0.4 is 16.4 Å². The molecule has 1 aromatic carbocycles. The normalized spacial score (nSPS) is 17.5. The Labute approximate surface area is 206 Å². The van der Waals surface area contributed by atoms with Gasteiger partial charge in [0.05, 0.1) is 12.5 Å². The van der Waals surface area contributed by atoms with Gasteiger partial charge in [-0.3, -0.25) is 24.0 Å². The minimum absolute atomic E-state index is 0.0283. The average molecular weight is 507 g/mol. The van der Waals surface area contributed by atoms with E-state index < -0.39 is 72.6 Å². The van der Waals surface area contributed by atoms with E-state index in [1.54, 1.807) is 30.3 Å². The molecule has 13 nitrogen and oxygen atoms in total. The highest BCUT2D eigenvalue weighted by Crippen LogP contribution is 2.20. The molecule has 196 valence electrons. The van der Waals surface area contributed by atoms with E-state index >= 15 is 0 Å². The van der Waals surface area contributed by atoms with E-state index in [9.17, 15) is 33.9 Å². The van der Waals surface area contributed by atoms with Crippen molar-refractivity contribution in [2.45, 2.75) is 62.7 Å². The standard InChI is InChI=1S/C23H30N4O9/c24-14(12-19(30)31)20(32)26-16(11-13-5-2-1-3-6-13)21(33)25-15(8-9-18(28)29)22(34)27-10-4-7-17(27)23(35)36/h1-3,5-6,14-17H,4,7-12,24H2,(H,25,33)(H,26,32)(H,28,29)(H,30,31)(H,35,36). The molecule has 0 spiro atoms. The molecule has 0 bridgehead atoms. The molecule has 4 unspecified atom stereocenters.